The van der Waals surface area contributed by atoms with Gasteiger partial charge in [-0.25, -0.2) is 4.39 Å². The van der Waals surface area contributed by atoms with Crippen molar-refractivity contribution in [3.05, 3.63) is 71.0 Å². The molecule has 2 aromatic carbocycles. The Labute approximate surface area is 170 Å². The third-order valence-electron chi connectivity index (χ3n) is 4.95. The van der Waals surface area contributed by atoms with Crippen LogP contribution in [-0.4, -0.2) is 35.8 Å². The maximum Gasteiger partial charge on any atom is 0.256 e. The maximum absolute atomic E-state index is 13.8. The van der Waals surface area contributed by atoms with Crippen molar-refractivity contribution in [2.75, 3.05) is 13.1 Å². The zero-order valence-electron chi connectivity index (χ0n) is 15.7. The Morgan fingerprint density at radius 3 is 2.32 bits per heavy atom. The summed E-state index contributed by atoms with van der Waals surface area (Å²) < 4.78 is 13.8. The van der Waals surface area contributed by atoms with Crippen molar-refractivity contribution in [1.29, 1.82) is 0 Å². The predicted octanol–water partition coefficient (Wildman–Crippen LogP) is 2.98. The SMILES string of the molecule is Cc1ccc(C(N)C(=O)NC2CCN(C(=O)c3ccccc3F)CC2)cc1.Cl. The quantitative estimate of drug-likeness (QED) is 0.821. The van der Waals surface area contributed by atoms with Gasteiger partial charge in [-0.05, 0) is 37.5 Å². The van der Waals surface area contributed by atoms with Gasteiger partial charge in [0, 0.05) is 19.1 Å². The number of likely N-dealkylation sites (tertiary alicyclic amines) is 1. The average molecular weight is 406 g/mol. The van der Waals surface area contributed by atoms with Crippen LogP contribution in [-0.2, 0) is 4.79 Å². The number of carbonyl (C=O) groups is 2. The van der Waals surface area contributed by atoms with Crippen LogP contribution in [0.25, 0.3) is 0 Å². The van der Waals surface area contributed by atoms with Gasteiger partial charge in [0.25, 0.3) is 5.91 Å². The fourth-order valence-electron chi connectivity index (χ4n) is 3.25. The van der Waals surface area contributed by atoms with E-state index in [9.17, 15) is 14.0 Å². The third kappa shape index (κ3) is 5.09. The number of hydrogen-bond acceptors (Lipinski definition) is 3. The Morgan fingerprint density at radius 1 is 1.11 bits per heavy atom. The zero-order valence-corrected chi connectivity index (χ0v) is 16.5. The van der Waals surface area contributed by atoms with Crippen LogP contribution in [0.3, 0.4) is 0 Å². The van der Waals surface area contributed by atoms with Crippen LogP contribution in [0.4, 0.5) is 4.39 Å². The first kappa shape index (κ1) is 21.9. The number of halogens is 2. The van der Waals surface area contributed by atoms with Crippen LogP contribution < -0.4 is 11.1 Å². The Bertz CT molecular complexity index is 821. The lowest BCUT2D eigenvalue weighted by molar-refractivity contribution is -0.123. The molecule has 1 fully saturated rings. The van der Waals surface area contributed by atoms with Crippen LogP contribution in [0.1, 0.15) is 40.4 Å². The average Bonchev–Trinajstić information content (AvgIpc) is 2.68. The summed E-state index contributed by atoms with van der Waals surface area (Å²) in [5.41, 5.74) is 8.02. The van der Waals surface area contributed by atoms with E-state index in [-0.39, 0.29) is 35.8 Å². The van der Waals surface area contributed by atoms with Crippen LogP contribution in [0.5, 0.6) is 0 Å². The molecule has 0 aromatic heterocycles. The summed E-state index contributed by atoms with van der Waals surface area (Å²) >= 11 is 0. The number of hydrogen-bond donors (Lipinski definition) is 2. The number of nitrogens with zero attached hydrogens (tertiary/aromatic N) is 1. The molecule has 1 aliphatic rings. The molecule has 0 bridgehead atoms. The molecule has 7 heteroatoms. The van der Waals surface area contributed by atoms with Crippen molar-refractivity contribution in [1.82, 2.24) is 10.2 Å². The molecular weight excluding hydrogens is 381 g/mol. The van der Waals surface area contributed by atoms with Gasteiger partial charge in [-0.2, -0.15) is 0 Å². The van der Waals surface area contributed by atoms with E-state index < -0.39 is 11.9 Å². The Balaban J connectivity index is 0.00000280. The van der Waals surface area contributed by atoms with Crippen LogP contribution in [0.15, 0.2) is 48.5 Å². The van der Waals surface area contributed by atoms with E-state index in [1.165, 1.54) is 12.1 Å². The van der Waals surface area contributed by atoms with Crippen molar-refractivity contribution in [2.45, 2.75) is 31.8 Å². The molecule has 0 aliphatic carbocycles. The summed E-state index contributed by atoms with van der Waals surface area (Å²) in [7, 11) is 0. The summed E-state index contributed by atoms with van der Waals surface area (Å²) in [4.78, 5) is 26.5. The number of benzene rings is 2. The first-order valence-electron chi connectivity index (χ1n) is 9.12. The third-order valence-corrected chi connectivity index (χ3v) is 4.95. The highest BCUT2D eigenvalue weighted by Gasteiger charge is 2.27. The number of nitrogens with two attached hydrogens (primary N) is 1. The molecule has 28 heavy (non-hydrogen) atoms. The second-order valence-corrected chi connectivity index (χ2v) is 6.94. The van der Waals surface area contributed by atoms with Crippen molar-refractivity contribution < 1.29 is 14.0 Å². The number of nitrogens with one attached hydrogen (secondary N) is 1. The molecule has 0 saturated carbocycles. The minimum atomic E-state index is -0.719. The molecule has 1 saturated heterocycles. The number of rotatable bonds is 4. The first-order valence-corrected chi connectivity index (χ1v) is 9.12. The summed E-state index contributed by atoms with van der Waals surface area (Å²) in [5.74, 6) is -1.05. The first-order chi connectivity index (χ1) is 13.0. The molecule has 2 amide bonds. The molecule has 0 spiro atoms. The van der Waals surface area contributed by atoms with Gasteiger partial charge in [-0.1, -0.05) is 42.0 Å². The normalized spacial score (nSPS) is 15.5. The number of amides is 2. The van der Waals surface area contributed by atoms with Crippen LogP contribution >= 0.6 is 12.4 Å². The van der Waals surface area contributed by atoms with E-state index in [0.717, 1.165) is 11.1 Å². The van der Waals surface area contributed by atoms with E-state index in [1.54, 1.807) is 17.0 Å². The van der Waals surface area contributed by atoms with Crippen molar-refractivity contribution >= 4 is 24.2 Å². The maximum atomic E-state index is 13.8. The number of aryl methyl sites for hydroxylation is 1. The Hall–Kier alpha value is -2.44. The molecule has 0 radical (unpaired) electrons. The highest BCUT2D eigenvalue weighted by Crippen LogP contribution is 2.17. The van der Waals surface area contributed by atoms with Gasteiger partial charge in [0.1, 0.15) is 11.9 Å². The van der Waals surface area contributed by atoms with Crippen molar-refractivity contribution in [2.24, 2.45) is 5.73 Å². The van der Waals surface area contributed by atoms with Gasteiger partial charge < -0.3 is 16.0 Å². The zero-order chi connectivity index (χ0) is 19.4. The standard InChI is InChI=1S/C21H24FN3O2.ClH/c1-14-6-8-15(9-7-14)19(23)20(26)24-16-10-12-25(13-11-16)21(27)17-4-2-3-5-18(17)22;/h2-9,16,19H,10-13,23H2,1H3,(H,24,26);1H. The fourth-order valence-corrected chi connectivity index (χ4v) is 3.25. The lowest BCUT2D eigenvalue weighted by Gasteiger charge is -2.33. The van der Waals surface area contributed by atoms with E-state index in [0.29, 0.717) is 25.9 Å². The number of piperidine rings is 1. The van der Waals surface area contributed by atoms with E-state index in [1.807, 2.05) is 31.2 Å². The molecule has 5 nitrogen and oxygen atoms in total. The van der Waals surface area contributed by atoms with Crippen LogP contribution in [0, 0.1) is 12.7 Å². The highest BCUT2D eigenvalue weighted by molar-refractivity contribution is 5.94. The van der Waals surface area contributed by atoms with Gasteiger partial charge in [-0.15, -0.1) is 12.4 Å². The summed E-state index contributed by atoms with van der Waals surface area (Å²) in [6.45, 7) is 2.92. The molecule has 1 aliphatic heterocycles. The Morgan fingerprint density at radius 2 is 1.71 bits per heavy atom. The molecule has 2 aromatic rings. The lowest BCUT2D eigenvalue weighted by Crippen LogP contribution is -2.48. The van der Waals surface area contributed by atoms with Gasteiger partial charge >= 0.3 is 0 Å². The number of carbonyl (C=O) groups excluding carboxylic acids is 2. The summed E-state index contributed by atoms with van der Waals surface area (Å²) in [6, 6.07) is 12.8. The molecule has 1 heterocycles. The van der Waals surface area contributed by atoms with E-state index >= 15 is 0 Å². The molecule has 3 rings (SSSR count). The molecule has 150 valence electrons. The predicted molar refractivity (Wildman–Crippen MR) is 109 cm³/mol. The summed E-state index contributed by atoms with van der Waals surface area (Å²) in [5, 5.41) is 2.97. The van der Waals surface area contributed by atoms with Crippen LogP contribution in [0.2, 0.25) is 0 Å². The molecule has 3 N–H and O–H groups in total. The molecular formula is C21H25ClFN3O2. The second kappa shape index (κ2) is 9.66. The summed E-state index contributed by atoms with van der Waals surface area (Å²) in [6.07, 6.45) is 1.24. The van der Waals surface area contributed by atoms with Gasteiger partial charge in [0.2, 0.25) is 5.91 Å². The molecule has 1 atom stereocenters. The van der Waals surface area contributed by atoms with Gasteiger partial charge in [0.15, 0.2) is 0 Å². The molecule has 1 unspecified atom stereocenters. The second-order valence-electron chi connectivity index (χ2n) is 6.94. The largest absolute Gasteiger partial charge is 0.352 e. The van der Waals surface area contributed by atoms with Gasteiger partial charge in [0.05, 0.1) is 5.56 Å². The monoisotopic (exact) mass is 405 g/mol. The van der Waals surface area contributed by atoms with E-state index in [4.69, 9.17) is 5.73 Å². The smallest absolute Gasteiger partial charge is 0.256 e. The minimum Gasteiger partial charge on any atom is -0.352 e. The van der Waals surface area contributed by atoms with Crippen molar-refractivity contribution in [3.63, 3.8) is 0 Å². The highest BCUT2D eigenvalue weighted by atomic mass is 35.5. The topological polar surface area (TPSA) is 75.4 Å². The Kier molecular flexibility index (Phi) is 7.54. The van der Waals surface area contributed by atoms with E-state index in [2.05, 4.69) is 5.32 Å². The van der Waals surface area contributed by atoms with Gasteiger partial charge in [-0.3, -0.25) is 9.59 Å². The minimum absolute atomic E-state index is 0. The lowest BCUT2D eigenvalue weighted by atomic mass is 10.0. The fraction of sp³-hybridized carbons (Fsp3) is 0.333. The van der Waals surface area contributed by atoms with Crippen molar-refractivity contribution in [3.8, 4) is 0 Å².